The molecule has 6 heterocycles. The summed E-state index contributed by atoms with van der Waals surface area (Å²) in [5, 5.41) is 6.13. The summed E-state index contributed by atoms with van der Waals surface area (Å²) in [5.41, 5.74) is -3.54. The van der Waals surface area contributed by atoms with E-state index < -0.39 is 142 Å². The molecule has 24 heteroatoms. The van der Waals surface area contributed by atoms with Crippen molar-refractivity contribution >= 4 is 58.4 Å². The zero-order chi connectivity index (χ0) is 61.9. The van der Waals surface area contributed by atoms with E-state index in [0.717, 1.165) is 12.1 Å². The summed E-state index contributed by atoms with van der Waals surface area (Å²) in [6.45, 7) is 17.5. The number of alkyl carbamates (subject to hydrolysis) is 2. The monoisotopic (exact) mass is 1290 g/mol. The molecule has 2 aromatic heterocycles. The van der Waals surface area contributed by atoms with Crippen LogP contribution in [0.3, 0.4) is 0 Å². The molecule has 10 rings (SSSR count). The standard InChI is InChI=1S/C32H39F3N3O5.C31H37F3N3O5.2V/c1-6-21-24(17-39)38-16-25(21)42-27-22(13-18-10-11-20(33)14-23(18)36-27)32(34,35)12-8-7-9-19-15-31(19,5)43-29(41)37-26(28(38)40)30(2,3)4;1-17-23(16-38)37-15-24(17)41-26-21(12-18-9-10-20(32)13-22(18)35-26)31(33,34)11-7-6-8-19-14-30(19,5)42-28(40)36-25(27(37)39)29(2,3)4;;/h10-11,13-14,19,21,24-26H,6-9,12,15-16H2,1-5H3,(H,37,41);9-10,12-13,17,19,23-25H,6-8,11,14-15H2,1-5H3,(H,36,40);;/q2*-1;;/t19-,21+,24-,25+,26-,31-;17-,19+,23+,24-,25+,30+;;/m10../s1. The van der Waals surface area contributed by atoms with E-state index in [1.54, 1.807) is 69.2 Å². The number of carbonyl (C=O) groups excluding carboxylic acids is 6. The molecular formula is C63H76F6N6O10V2-2. The maximum absolute atomic E-state index is 15.9. The second kappa shape index (κ2) is 26.1. The van der Waals surface area contributed by atoms with Crippen LogP contribution in [-0.2, 0) is 77.6 Å². The van der Waals surface area contributed by atoms with Crippen molar-refractivity contribution in [2.24, 2.45) is 34.5 Å². The van der Waals surface area contributed by atoms with Crippen LogP contribution in [0.2, 0.25) is 0 Å². The molecule has 0 spiro atoms. The predicted octanol–water partition coefficient (Wildman–Crippen LogP) is 11.7. The average Bonchev–Trinajstić information content (AvgIpc) is 1.86. The number of nitrogens with zero attached hydrogens (tertiary/aromatic N) is 4. The molecular weight excluding hydrogens is 1220 g/mol. The van der Waals surface area contributed by atoms with Crippen molar-refractivity contribution in [1.82, 2.24) is 30.4 Å². The first kappa shape index (κ1) is 68.9. The molecule has 6 aliphatic rings. The first-order valence-electron chi connectivity index (χ1n) is 29.5. The molecule has 2 aliphatic carbocycles. The van der Waals surface area contributed by atoms with Gasteiger partial charge in [-0.1, -0.05) is 86.7 Å². The Morgan fingerprint density at radius 1 is 0.621 bits per heavy atom. The third-order valence-corrected chi connectivity index (χ3v) is 18.2. The Kier molecular flexibility index (Phi) is 20.7. The predicted molar refractivity (Wildman–Crippen MR) is 301 cm³/mol. The van der Waals surface area contributed by atoms with E-state index in [-0.39, 0.29) is 97.7 Å². The molecule has 2 saturated heterocycles. The van der Waals surface area contributed by atoms with Gasteiger partial charge in [0.25, 0.3) is 11.8 Å². The Balaban J connectivity index is 0.000000243. The van der Waals surface area contributed by atoms with Crippen LogP contribution < -0.4 is 20.1 Å². The van der Waals surface area contributed by atoms with Gasteiger partial charge in [-0.3, -0.25) is 9.59 Å². The van der Waals surface area contributed by atoms with Gasteiger partial charge in [0.15, 0.2) is 0 Å². The van der Waals surface area contributed by atoms with Crippen molar-refractivity contribution in [3.8, 4) is 11.8 Å². The van der Waals surface area contributed by atoms with E-state index in [0.29, 0.717) is 55.7 Å². The molecule has 2 radical (unpaired) electrons. The molecule has 4 bridgehead atoms. The third-order valence-electron chi connectivity index (χ3n) is 18.2. The molecule has 12 atom stereocenters. The number of rotatable bonds is 3. The van der Waals surface area contributed by atoms with Gasteiger partial charge in [0, 0.05) is 84.7 Å². The fourth-order valence-corrected chi connectivity index (χ4v) is 12.6. The zero-order valence-electron chi connectivity index (χ0n) is 50.6. The number of carbonyl (C=O) groups is 4. The number of fused-ring (bicyclic) bond motifs is 10. The van der Waals surface area contributed by atoms with Crippen molar-refractivity contribution in [2.75, 3.05) is 13.1 Å². The van der Waals surface area contributed by atoms with E-state index in [1.807, 2.05) is 12.6 Å². The van der Waals surface area contributed by atoms with Crippen LogP contribution in [0.25, 0.3) is 21.8 Å². The first-order chi connectivity index (χ1) is 39.8. The van der Waals surface area contributed by atoms with Gasteiger partial charge in [-0.25, -0.2) is 58.5 Å². The summed E-state index contributed by atoms with van der Waals surface area (Å²) in [5.74, 6) is -10.7. The molecule has 87 heavy (non-hydrogen) atoms. The Morgan fingerprint density at radius 2 is 1.02 bits per heavy atom. The van der Waals surface area contributed by atoms with Gasteiger partial charge in [0.1, 0.15) is 47.1 Å². The van der Waals surface area contributed by atoms with Crippen molar-refractivity contribution in [1.29, 1.82) is 0 Å². The largest absolute Gasteiger partial charge is 0.540 e. The SMILES string of the molecule is CC[C@@H]1[C@@H]2CN(C(=O)[C@H](C(C)(C)C)NC(=O)O[C@]3(C)C[C@H]3CCCCC(F)(F)c3cc4ccc(F)cc4nc3O2)[C@@H]1[C-]=O.C[C@@H]1[C@@H]2CN(C(=O)[C@H](C(C)(C)C)NC(=O)O[C@]3(C)C[C@H]3CCCCC(F)(F)c3cc4ccc(F)cc4nc3O2)[C@@H]1[C-]=O.[V].[V]. The fraction of sp³-hybridized carbons (Fsp3) is 0.619. The summed E-state index contributed by atoms with van der Waals surface area (Å²) < 4.78 is 115. The molecule has 2 aromatic carbocycles. The van der Waals surface area contributed by atoms with Crippen LogP contribution in [0.15, 0.2) is 48.5 Å². The second-order valence-electron chi connectivity index (χ2n) is 26.7. The Hall–Kier alpha value is -5.57. The quantitative estimate of drug-likeness (QED) is 0.146. The summed E-state index contributed by atoms with van der Waals surface area (Å²) in [6, 6.07) is 5.83. The normalized spacial score (nSPS) is 31.0. The van der Waals surface area contributed by atoms with Gasteiger partial charge in [-0.2, -0.15) is 0 Å². The molecule has 2 N–H and O–H groups in total. The summed E-state index contributed by atoms with van der Waals surface area (Å²) in [4.78, 5) is 89.4. The maximum atomic E-state index is 15.9. The minimum Gasteiger partial charge on any atom is -0.540 e. The minimum atomic E-state index is -3.32. The molecule has 472 valence electrons. The number of pyridine rings is 2. The molecule has 4 aliphatic heterocycles. The number of aromatic nitrogens is 2. The molecule has 4 aromatic rings. The Morgan fingerprint density at radius 3 is 1.43 bits per heavy atom. The number of hydrogen-bond acceptors (Lipinski definition) is 12. The maximum Gasteiger partial charge on any atom is 0.408 e. The van der Waals surface area contributed by atoms with Crippen LogP contribution in [0.4, 0.5) is 35.9 Å². The van der Waals surface area contributed by atoms with Gasteiger partial charge in [-0.05, 0) is 111 Å². The van der Waals surface area contributed by atoms with E-state index in [4.69, 9.17) is 18.9 Å². The summed E-state index contributed by atoms with van der Waals surface area (Å²) in [6.07, 6.45) is 3.84. The van der Waals surface area contributed by atoms with E-state index >= 15 is 17.6 Å². The second-order valence-corrected chi connectivity index (χ2v) is 26.7. The van der Waals surface area contributed by atoms with Crippen molar-refractivity contribution in [3.63, 3.8) is 0 Å². The van der Waals surface area contributed by atoms with Crippen LogP contribution >= 0.6 is 0 Å². The Bertz CT molecular complexity index is 3240. The summed E-state index contributed by atoms with van der Waals surface area (Å²) >= 11 is 0. The van der Waals surface area contributed by atoms with Crippen LogP contribution in [-0.4, -0.2) is 117 Å². The molecule has 4 fully saturated rings. The average molecular weight is 1290 g/mol. The molecule has 4 amide bonds. The number of benzene rings is 2. The van der Waals surface area contributed by atoms with E-state index in [9.17, 15) is 37.5 Å². The molecule has 0 unspecified atom stereocenters. The van der Waals surface area contributed by atoms with Crippen molar-refractivity contribution in [3.05, 3.63) is 71.3 Å². The number of ether oxygens (including phenoxy) is 4. The van der Waals surface area contributed by atoms with Crippen LogP contribution in [0, 0.1) is 46.1 Å². The van der Waals surface area contributed by atoms with Crippen molar-refractivity contribution < 1.29 is 111 Å². The topological polar surface area (TPSA) is 196 Å². The van der Waals surface area contributed by atoms with Gasteiger partial charge in [0.2, 0.25) is 23.6 Å². The smallest absolute Gasteiger partial charge is 0.408 e. The van der Waals surface area contributed by atoms with Crippen molar-refractivity contribution in [2.45, 2.75) is 199 Å². The zero-order valence-corrected chi connectivity index (χ0v) is 53.4. The first-order valence-corrected chi connectivity index (χ1v) is 29.5. The van der Waals surface area contributed by atoms with Gasteiger partial charge < -0.3 is 49.0 Å². The van der Waals surface area contributed by atoms with Gasteiger partial charge in [0.05, 0.1) is 35.2 Å². The number of alkyl halides is 4. The number of hydrogen-bond donors (Lipinski definition) is 2. The summed E-state index contributed by atoms with van der Waals surface area (Å²) in [7, 11) is 0. The third kappa shape index (κ3) is 14.9. The minimum absolute atomic E-state index is 0. The van der Waals surface area contributed by atoms with Gasteiger partial charge >= 0.3 is 12.2 Å². The van der Waals surface area contributed by atoms with E-state index in [2.05, 4.69) is 20.6 Å². The number of amides is 4. The number of nitrogens with one attached hydrogen (secondary N) is 2. The van der Waals surface area contributed by atoms with Crippen LogP contribution in [0.1, 0.15) is 151 Å². The van der Waals surface area contributed by atoms with Gasteiger partial charge in [-0.15, -0.1) is 0 Å². The molecule has 16 nitrogen and oxygen atoms in total. The fourth-order valence-electron chi connectivity index (χ4n) is 12.6. The Labute approximate surface area is 527 Å². The molecule has 2 saturated carbocycles. The van der Waals surface area contributed by atoms with Crippen LogP contribution in [0.5, 0.6) is 11.8 Å². The number of halogens is 6. The van der Waals surface area contributed by atoms with E-state index in [1.165, 1.54) is 46.2 Å².